The molecule has 2 atom stereocenters. The van der Waals surface area contributed by atoms with Gasteiger partial charge in [-0.2, -0.15) is 0 Å². The van der Waals surface area contributed by atoms with E-state index in [1.54, 1.807) is 0 Å². The van der Waals surface area contributed by atoms with Crippen molar-refractivity contribution in [1.29, 1.82) is 0 Å². The Labute approximate surface area is 169 Å². The van der Waals surface area contributed by atoms with Crippen molar-refractivity contribution >= 4 is 50.6 Å². The Morgan fingerprint density at radius 2 is 1.48 bits per heavy atom. The fourth-order valence-electron chi connectivity index (χ4n) is 3.71. The first-order valence-electron chi connectivity index (χ1n) is 8.83. The lowest BCUT2D eigenvalue weighted by Gasteiger charge is -2.43. The fourth-order valence-corrected chi connectivity index (χ4v) is 9.53. The van der Waals surface area contributed by atoms with Gasteiger partial charge in [0.1, 0.15) is 0 Å². The SMILES string of the molecule is CC(C)(C)[Si](OC[C@@H]1C[C@]1(Br)CBr)(c1ccccc1)c1ccccc1. The first-order valence-corrected chi connectivity index (χ1v) is 12.7. The van der Waals surface area contributed by atoms with Gasteiger partial charge in [0, 0.05) is 16.3 Å². The van der Waals surface area contributed by atoms with Gasteiger partial charge in [-0.3, -0.25) is 0 Å². The van der Waals surface area contributed by atoms with Crippen LogP contribution in [0.3, 0.4) is 0 Å². The first kappa shape index (κ1) is 19.3. The predicted molar refractivity (Wildman–Crippen MR) is 117 cm³/mol. The second-order valence-electron chi connectivity index (χ2n) is 8.04. The molecule has 2 aromatic carbocycles. The van der Waals surface area contributed by atoms with Crippen LogP contribution in [0.2, 0.25) is 5.04 Å². The molecular formula is C21H26Br2OSi. The molecule has 3 rings (SSSR count). The smallest absolute Gasteiger partial charge is 0.261 e. The van der Waals surface area contributed by atoms with Crippen molar-refractivity contribution in [1.82, 2.24) is 0 Å². The van der Waals surface area contributed by atoms with Gasteiger partial charge in [-0.05, 0) is 27.8 Å². The number of rotatable bonds is 6. The van der Waals surface area contributed by atoms with Crippen molar-refractivity contribution in [2.45, 2.75) is 36.6 Å². The van der Waals surface area contributed by atoms with Crippen LogP contribution in [0.5, 0.6) is 0 Å². The first-order chi connectivity index (χ1) is 11.8. The van der Waals surface area contributed by atoms with E-state index in [2.05, 4.69) is 113 Å². The van der Waals surface area contributed by atoms with Crippen LogP contribution >= 0.6 is 31.9 Å². The van der Waals surface area contributed by atoms with Crippen LogP contribution < -0.4 is 10.4 Å². The van der Waals surface area contributed by atoms with E-state index >= 15 is 0 Å². The molecule has 0 aliphatic heterocycles. The summed E-state index contributed by atoms with van der Waals surface area (Å²) in [6.45, 7) is 7.80. The molecular weight excluding hydrogens is 456 g/mol. The highest BCUT2D eigenvalue weighted by Gasteiger charge is 2.55. The van der Waals surface area contributed by atoms with Crippen LogP contribution in [0.15, 0.2) is 60.7 Å². The van der Waals surface area contributed by atoms with Gasteiger partial charge in [0.2, 0.25) is 0 Å². The highest BCUT2D eigenvalue weighted by molar-refractivity contribution is 9.12. The predicted octanol–water partition coefficient (Wildman–Crippen LogP) is 5.11. The third-order valence-corrected chi connectivity index (χ3v) is 13.3. The van der Waals surface area contributed by atoms with Gasteiger partial charge in [-0.25, -0.2) is 0 Å². The highest BCUT2D eigenvalue weighted by Crippen LogP contribution is 2.53. The molecule has 1 aliphatic rings. The van der Waals surface area contributed by atoms with Gasteiger partial charge in [-0.15, -0.1) is 0 Å². The molecule has 0 unspecified atom stereocenters. The Bertz CT molecular complexity index is 659. The van der Waals surface area contributed by atoms with Gasteiger partial charge in [-0.1, -0.05) is 113 Å². The van der Waals surface area contributed by atoms with Crippen LogP contribution in [0.4, 0.5) is 0 Å². The highest BCUT2D eigenvalue weighted by atomic mass is 79.9. The Hall–Kier alpha value is -0.423. The summed E-state index contributed by atoms with van der Waals surface area (Å²) in [5.41, 5.74) is 0. The number of hydrogen-bond donors (Lipinski definition) is 0. The van der Waals surface area contributed by atoms with E-state index in [0.29, 0.717) is 5.92 Å². The van der Waals surface area contributed by atoms with Gasteiger partial charge in [0.25, 0.3) is 8.32 Å². The molecule has 0 N–H and O–H groups in total. The maximum Gasteiger partial charge on any atom is 0.261 e. The minimum atomic E-state index is -2.38. The lowest BCUT2D eigenvalue weighted by Crippen LogP contribution is -2.66. The van der Waals surface area contributed by atoms with E-state index in [4.69, 9.17) is 4.43 Å². The summed E-state index contributed by atoms with van der Waals surface area (Å²) in [5, 5.41) is 3.74. The van der Waals surface area contributed by atoms with Crippen molar-refractivity contribution in [2.75, 3.05) is 11.9 Å². The molecule has 25 heavy (non-hydrogen) atoms. The quantitative estimate of drug-likeness (QED) is 0.411. The van der Waals surface area contributed by atoms with Crippen LogP contribution in [0, 0.1) is 5.92 Å². The molecule has 1 nitrogen and oxygen atoms in total. The molecule has 1 fully saturated rings. The molecule has 0 heterocycles. The van der Waals surface area contributed by atoms with Gasteiger partial charge in [0.15, 0.2) is 0 Å². The minimum Gasteiger partial charge on any atom is -0.407 e. The zero-order valence-corrected chi connectivity index (χ0v) is 19.3. The average Bonchev–Trinajstić information content (AvgIpc) is 3.27. The molecule has 4 heteroatoms. The molecule has 1 aliphatic carbocycles. The summed E-state index contributed by atoms with van der Waals surface area (Å²) in [6, 6.07) is 21.7. The number of hydrogen-bond acceptors (Lipinski definition) is 1. The molecule has 0 amide bonds. The molecule has 0 aromatic heterocycles. The third-order valence-electron chi connectivity index (χ3n) is 5.30. The Kier molecular flexibility index (Phi) is 5.65. The number of benzene rings is 2. The van der Waals surface area contributed by atoms with Gasteiger partial charge in [0.05, 0.1) is 0 Å². The van der Waals surface area contributed by atoms with E-state index in [1.165, 1.54) is 16.8 Å². The van der Waals surface area contributed by atoms with Crippen molar-refractivity contribution in [3.05, 3.63) is 60.7 Å². The van der Waals surface area contributed by atoms with E-state index < -0.39 is 8.32 Å². The van der Waals surface area contributed by atoms with Crippen molar-refractivity contribution in [3.8, 4) is 0 Å². The second kappa shape index (κ2) is 7.30. The van der Waals surface area contributed by atoms with Crippen molar-refractivity contribution < 1.29 is 4.43 Å². The monoisotopic (exact) mass is 480 g/mol. The van der Waals surface area contributed by atoms with E-state index in [-0.39, 0.29) is 9.36 Å². The Morgan fingerprint density at radius 1 is 1.00 bits per heavy atom. The third kappa shape index (κ3) is 3.69. The topological polar surface area (TPSA) is 9.23 Å². The van der Waals surface area contributed by atoms with Crippen molar-refractivity contribution in [2.24, 2.45) is 5.92 Å². The number of alkyl halides is 2. The van der Waals surface area contributed by atoms with Crippen LogP contribution in [-0.2, 0) is 4.43 Å². The van der Waals surface area contributed by atoms with Gasteiger partial charge >= 0.3 is 0 Å². The minimum absolute atomic E-state index is 0.0496. The lowest BCUT2D eigenvalue weighted by atomic mass is 10.2. The molecule has 0 saturated heterocycles. The maximum atomic E-state index is 6.98. The van der Waals surface area contributed by atoms with Crippen LogP contribution in [-0.4, -0.2) is 24.6 Å². The fraction of sp³-hybridized carbons (Fsp3) is 0.429. The van der Waals surface area contributed by atoms with Gasteiger partial charge < -0.3 is 4.43 Å². The van der Waals surface area contributed by atoms with E-state index in [0.717, 1.165) is 11.9 Å². The summed E-state index contributed by atoms with van der Waals surface area (Å²) in [7, 11) is -2.38. The zero-order valence-electron chi connectivity index (χ0n) is 15.1. The zero-order chi connectivity index (χ0) is 18.1. The summed E-state index contributed by atoms with van der Waals surface area (Å²) in [5.74, 6) is 0.577. The average molecular weight is 482 g/mol. The second-order valence-corrected chi connectivity index (χ2v) is 14.5. The molecule has 0 bridgehead atoms. The van der Waals surface area contributed by atoms with E-state index in [1.807, 2.05) is 0 Å². The van der Waals surface area contributed by atoms with E-state index in [9.17, 15) is 0 Å². The molecule has 2 aromatic rings. The lowest BCUT2D eigenvalue weighted by molar-refractivity contribution is 0.278. The molecule has 134 valence electrons. The van der Waals surface area contributed by atoms with Crippen molar-refractivity contribution in [3.63, 3.8) is 0 Å². The summed E-state index contributed by atoms with van der Waals surface area (Å²) in [6.07, 6.45) is 1.18. The maximum absolute atomic E-state index is 6.98. The Morgan fingerprint density at radius 3 is 1.84 bits per heavy atom. The summed E-state index contributed by atoms with van der Waals surface area (Å²) < 4.78 is 7.20. The standard InChI is InChI=1S/C21H26Br2OSi/c1-20(2,3)25(18-10-6-4-7-11-18,19-12-8-5-9-13-19)24-15-17-14-21(17,23)16-22/h4-13,17H,14-16H2,1-3H3/t17-,21-/m0/s1. The molecule has 0 spiro atoms. The van der Waals surface area contributed by atoms with Crippen LogP contribution in [0.1, 0.15) is 27.2 Å². The normalized spacial score (nSPS) is 23.5. The van der Waals surface area contributed by atoms with Crippen LogP contribution in [0.25, 0.3) is 0 Å². The molecule has 0 radical (unpaired) electrons. The number of halogens is 2. The largest absolute Gasteiger partial charge is 0.407 e. The summed E-state index contributed by atoms with van der Waals surface area (Å²) in [4.78, 5) is 0. The Balaban J connectivity index is 2.03. The summed E-state index contributed by atoms with van der Waals surface area (Å²) >= 11 is 7.51. The molecule has 1 saturated carbocycles.